The lowest BCUT2D eigenvalue weighted by molar-refractivity contribution is 0.401. The number of hydrogen-bond acceptors (Lipinski definition) is 3. The summed E-state index contributed by atoms with van der Waals surface area (Å²) in [5.74, 6) is 0.918. The molecule has 2 rings (SSSR count). The monoisotopic (exact) mass is 315 g/mol. The fourth-order valence-electron chi connectivity index (χ4n) is 2.35. The molecule has 1 aromatic rings. The van der Waals surface area contributed by atoms with Crippen LogP contribution in [0.2, 0.25) is 0 Å². The van der Waals surface area contributed by atoms with Gasteiger partial charge >= 0.3 is 0 Å². The zero-order valence-electron chi connectivity index (χ0n) is 10.4. The molecule has 94 valence electrons. The van der Waals surface area contributed by atoms with Crippen LogP contribution in [0.5, 0.6) is 5.75 Å². The van der Waals surface area contributed by atoms with E-state index in [1.165, 1.54) is 23.3 Å². The van der Waals surface area contributed by atoms with E-state index >= 15 is 0 Å². The van der Waals surface area contributed by atoms with E-state index in [-0.39, 0.29) is 11.5 Å². The van der Waals surface area contributed by atoms with E-state index in [1.807, 2.05) is 0 Å². The third kappa shape index (κ3) is 2.23. The van der Waals surface area contributed by atoms with Gasteiger partial charge < -0.3 is 10.5 Å². The molecule has 1 saturated carbocycles. The van der Waals surface area contributed by atoms with Crippen LogP contribution in [0.25, 0.3) is 0 Å². The van der Waals surface area contributed by atoms with E-state index in [0.29, 0.717) is 0 Å². The van der Waals surface area contributed by atoms with Gasteiger partial charge in [-0.05, 0) is 59.6 Å². The van der Waals surface area contributed by atoms with Crippen LogP contribution in [0.3, 0.4) is 0 Å². The SMILES string of the molecule is COc1c(Br)cc(C2(C(C)N)CC2)cc1SC. The highest BCUT2D eigenvalue weighted by molar-refractivity contribution is 9.10. The lowest BCUT2D eigenvalue weighted by Crippen LogP contribution is -2.31. The topological polar surface area (TPSA) is 35.2 Å². The predicted molar refractivity (Wildman–Crippen MR) is 77.0 cm³/mol. The Kier molecular flexibility index (Phi) is 3.76. The number of ether oxygens (including phenoxy) is 1. The Morgan fingerprint density at radius 2 is 2.12 bits per heavy atom. The molecule has 4 heteroatoms. The minimum absolute atomic E-state index is 0.194. The van der Waals surface area contributed by atoms with Crippen LogP contribution >= 0.6 is 27.7 Å². The number of thioether (sulfide) groups is 1. The highest BCUT2D eigenvalue weighted by atomic mass is 79.9. The molecule has 0 heterocycles. The normalized spacial score (nSPS) is 18.9. The summed E-state index contributed by atoms with van der Waals surface area (Å²) in [5.41, 5.74) is 7.65. The zero-order valence-corrected chi connectivity index (χ0v) is 12.8. The van der Waals surface area contributed by atoms with Crippen LogP contribution in [-0.2, 0) is 5.41 Å². The van der Waals surface area contributed by atoms with Crippen molar-refractivity contribution in [3.05, 3.63) is 22.2 Å². The smallest absolute Gasteiger partial charge is 0.146 e. The summed E-state index contributed by atoms with van der Waals surface area (Å²) >= 11 is 5.30. The Morgan fingerprint density at radius 1 is 1.47 bits per heavy atom. The third-order valence-corrected chi connectivity index (χ3v) is 5.00. The van der Waals surface area contributed by atoms with E-state index in [0.717, 1.165) is 10.2 Å². The molecule has 1 fully saturated rings. The largest absolute Gasteiger partial charge is 0.494 e. The molecule has 2 N–H and O–H groups in total. The molecule has 0 aliphatic heterocycles. The molecular formula is C13H18BrNOS. The summed E-state index contributed by atoms with van der Waals surface area (Å²) in [4.78, 5) is 1.17. The Morgan fingerprint density at radius 3 is 2.53 bits per heavy atom. The molecule has 17 heavy (non-hydrogen) atoms. The maximum Gasteiger partial charge on any atom is 0.146 e. The van der Waals surface area contributed by atoms with Crippen LogP contribution in [-0.4, -0.2) is 19.4 Å². The van der Waals surface area contributed by atoms with Gasteiger partial charge in [0.1, 0.15) is 5.75 Å². The quantitative estimate of drug-likeness (QED) is 0.863. The summed E-state index contributed by atoms with van der Waals surface area (Å²) < 4.78 is 6.44. The Labute approximate surface area is 115 Å². The minimum Gasteiger partial charge on any atom is -0.494 e. The highest BCUT2D eigenvalue weighted by Gasteiger charge is 2.47. The van der Waals surface area contributed by atoms with Crippen molar-refractivity contribution >= 4 is 27.7 Å². The van der Waals surface area contributed by atoms with Gasteiger partial charge in [0.15, 0.2) is 0 Å². The molecule has 1 unspecified atom stereocenters. The maximum atomic E-state index is 6.12. The molecule has 0 radical (unpaired) electrons. The summed E-state index contributed by atoms with van der Waals surface area (Å²) in [6.07, 6.45) is 4.45. The fraction of sp³-hybridized carbons (Fsp3) is 0.538. The third-order valence-electron chi connectivity index (χ3n) is 3.67. The van der Waals surface area contributed by atoms with E-state index in [2.05, 4.69) is 41.2 Å². The summed E-state index contributed by atoms with van der Waals surface area (Å²) in [6.45, 7) is 2.10. The van der Waals surface area contributed by atoms with E-state index < -0.39 is 0 Å². The van der Waals surface area contributed by atoms with Crippen molar-refractivity contribution in [2.75, 3.05) is 13.4 Å². The van der Waals surface area contributed by atoms with Crippen molar-refractivity contribution in [1.82, 2.24) is 0 Å². The van der Waals surface area contributed by atoms with Crippen molar-refractivity contribution in [2.24, 2.45) is 5.73 Å². The first-order valence-electron chi connectivity index (χ1n) is 5.72. The fourth-order valence-corrected chi connectivity index (χ4v) is 3.72. The van der Waals surface area contributed by atoms with Crippen LogP contribution in [0, 0.1) is 0 Å². The number of rotatable bonds is 4. The highest BCUT2D eigenvalue weighted by Crippen LogP contribution is 2.52. The first-order valence-corrected chi connectivity index (χ1v) is 7.74. The van der Waals surface area contributed by atoms with E-state index in [4.69, 9.17) is 10.5 Å². The lowest BCUT2D eigenvalue weighted by Gasteiger charge is -2.22. The van der Waals surface area contributed by atoms with Crippen LogP contribution in [0.15, 0.2) is 21.5 Å². The van der Waals surface area contributed by atoms with Gasteiger partial charge in [-0.15, -0.1) is 11.8 Å². The molecule has 0 spiro atoms. The summed E-state index contributed by atoms with van der Waals surface area (Å²) in [5, 5.41) is 0. The van der Waals surface area contributed by atoms with Crippen LogP contribution in [0.4, 0.5) is 0 Å². The molecular weight excluding hydrogens is 298 g/mol. The van der Waals surface area contributed by atoms with Crippen molar-refractivity contribution in [3.63, 3.8) is 0 Å². The summed E-state index contributed by atoms with van der Waals surface area (Å²) in [6, 6.07) is 4.59. The number of methoxy groups -OCH3 is 1. The van der Waals surface area contributed by atoms with Gasteiger partial charge in [0, 0.05) is 11.5 Å². The first-order chi connectivity index (χ1) is 8.05. The Balaban J connectivity index is 2.47. The molecule has 1 aliphatic carbocycles. The standard InChI is InChI=1S/C13H18BrNOS/c1-8(15)13(4-5-13)9-6-10(14)12(16-2)11(7-9)17-3/h6-8H,4-5,15H2,1-3H3. The molecule has 0 amide bonds. The number of benzene rings is 1. The van der Waals surface area contributed by atoms with Crippen molar-refractivity contribution in [2.45, 2.75) is 36.1 Å². The van der Waals surface area contributed by atoms with Gasteiger partial charge in [0.2, 0.25) is 0 Å². The van der Waals surface area contributed by atoms with Crippen molar-refractivity contribution in [1.29, 1.82) is 0 Å². The van der Waals surface area contributed by atoms with Gasteiger partial charge in [0.05, 0.1) is 16.5 Å². The van der Waals surface area contributed by atoms with Crippen molar-refractivity contribution < 1.29 is 4.74 Å². The van der Waals surface area contributed by atoms with Gasteiger partial charge in [-0.3, -0.25) is 0 Å². The van der Waals surface area contributed by atoms with E-state index in [1.54, 1.807) is 18.9 Å². The minimum atomic E-state index is 0.194. The van der Waals surface area contributed by atoms with E-state index in [9.17, 15) is 0 Å². The number of halogens is 1. The van der Waals surface area contributed by atoms with Gasteiger partial charge in [-0.1, -0.05) is 0 Å². The maximum absolute atomic E-state index is 6.12. The molecule has 0 aromatic heterocycles. The number of hydrogen-bond donors (Lipinski definition) is 1. The zero-order chi connectivity index (χ0) is 12.6. The first kappa shape index (κ1) is 13.2. The average Bonchev–Trinajstić information content (AvgIpc) is 3.08. The van der Waals surface area contributed by atoms with Gasteiger partial charge in [-0.2, -0.15) is 0 Å². The Hall–Kier alpha value is -0.190. The van der Waals surface area contributed by atoms with Gasteiger partial charge in [-0.25, -0.2) is 0 Å². The van der Waals surface area contributed by atoms with Crippen molar-refractivity contribution in [3.8, 4) is 5.75 Å². The van der Waals surface area contributed by atoms with Crippen LogP contribution < -0.4 is 10.5 Å². The molecule has 0 bridgehead atoms. The average molecular weight is 316 g/mol. The predicted octanol–water partition coefficient (Wildman–Crippen LogP) is 3.56. The second kappa shape index (κ2) is 4.82. The summed E-state index contributed by atoms with van der Waals surface area (Å²) in [7, 11) is 1.71. The number of nitrogens with two attached hydrogens (primary N) is 1. The molecule has 1 aliphatic rings. The molecule has 0 saturated heterocycles. The lowest BCUT2D eigenvalue weighted by atomic mass is 9.89. The second-order valence-electron chi connectivity index (χ2n) is 4.64. The molecule has 2 nitrogen and oxygen atoms in total. The molecule has 1 aromatic carbocycles. The molecule has 1 atom stereocenters. The Bertz CT molecular complexity index is 430. The van der Waals surface area contributed by atoms with Gasteiger partial charge in [0.25, 0.3) is 0 Å². The van der Waals surface area contributed by atoms with Crippen LogP contribution in [0.1, 0.15) is 25.3 Å². The second-order valence-corrected chi connectivity index (χ2v) is 6.34.